The summed E-state index contributed by atoms with van der Waals surface area (Å²) in [6, 6.07) is 10.1. The van der Waals surface area contributed by atoms with Gasteiger partial charge in [-0.15, -0.1) is 11.8 Å². The van der Waals surface area contributed by atoms with E-state index in [2.05, 4.69) is 27.1 Å². The zero-order valence-electron chi connectivity index (χ0n) is 9.51. The van der Waals surface area contributed by atoms with E-state index in [4.69, 9.17) is 5.73 Å². The highest BCUT2D eigenvalue weighted by Crippen LogP contribution is 2.29. The summed E-state index contributed by atoms with van der Waals surface area (Å²) in [6.07, 6.45) is 1.91. The van der Waals surface area contributed by atoms with Crippen molar-refractivity contribution in [2.75, 3.05) is 5.75 Å². The van der Waals surface area contributed by atoms with Crippen LogP contribution in [0.15, 0.2) is 45.9 Å². The van der Waals surface area contributed by atoms with E-state index in [1.807, 2.05) is 37.5 Å². The number of rotatable bonds is 4. The maximum atomic E-state index is 6.09. The van der Waals surface area contributed by atoms with Gasteiger partial charge in [0.05, 0.1) is 11.7 Å². The van der Waals surface area contributed by atoms with Crippen LogP contribution in [0.25, 0.3) is 0 Å². The molecule has 0 aliphatic heterocycles. The summed E-state index contributed by atoms with van der Waals surface area (Å²) in [5.41, 5.74) is 7.03. The molecule has 1 aromatic heterocycles. The van der Waals surface area contributed by atoms with Gasteiger partial charge < -0.3 is 5.73 Å². The summed E-state index contributed by atoms with van der Waals surface area (Å²) in [7, 11) is 1.90. The molecule has 0 aliphatic rings. The molecule has 5 heteroatoms. The Bertz CT molecular complexity index is 498. The Balaban J connectivity index is 1.97. The molecule has 0 radical (unpaired) electrons. The van der Waals surface area contributed by atoms with Crippen molar-refractivity contribution in [3.05, 3.63) is 46.7 Å². The van der Waals surface area contributed by atoms with E-state index in [0.29, 0.717) is 0 Å². The Kier molecular flexibility index (Phi) is 4.25. The fourth-order valence-corrected chi connectivity index (χ4v) is 3.00. The number of halogens is 1. The van der Waals surface area contributed by atoms with Crippen molar-refractivity contribution in [2.45, 2.75) is 10.9 Å². The SMILES string of the molecule is Cn1ccc(C(N)CSc2ccccc2Br)n1. The van der Waals surface area contributed by atoms with Crippen molar-refractivity contribution < 1.29 is 0 Å². The molecule has 2 N–H and O–H groups in total. The minimum absolute atomic E-state index is 0.0340. The lowest BCUT2D eigenvalue weighted by Crippen LogP contribution is -2.14. The van der Waals surface area contributed by atoms with Crippen molar-refractivity contribution in [3.63, 3.8) is 0 Å². The van der Waals surface area contributed by atoms with Crippen molar-refractivity contribution in [2.24, 2.45) is 12.8 Å². The second-order valence-electron chi connectivity index (χ2n) is 3.76. The van der Waals surface area contributed by atoms with E-state index in [1.165, 1.54) is 4.90 Å². The van der Waals surface area contributed by atoms with Crippen molar-refractivity contribution >= 4 is 27.7 Å². The lowest BCUT2D eigenvalue weighted by atomic mass is 10.3. The van der Waals surface area contributed by atoms with E-state index in [9.17, 15) is 0 Å². The number of thioether (sulfide) groups is 1. The average Bonchev–Trinajstić information content (AvgIpc) is 2.74. The summed E-state index contributed by atoms with van der Waals surface area (Å²) in [5, 5.41) is 4.31. The molecule has 0 saturated heterocycles. The zero-order valence-corrected chi connectivity index (χ0v) is 11.9. The molecule has 17 heavy (non-hydrogen) atoms. The molecular formula is C12H14BrN3S. The van der Waals surface area contributed by atoms with Crippen LogP contribution in [0, 0.1) is 0 Å². The summed E-state index contributed by atoms with van der Waals surface area (Å²) in [4.78, 5) is 1.21. The molecule has 3 nitrogen and oxygen atoms in total. The third-order valence-electron chi connectivity index (χ3n) is 2.37. The first-order chi connectivity index (χ1) is 8.16. The highest BCUT2D eigenvalue weighted by Gasteiger charge is 2.10. The van der Waals surface area contributed by atoms with Crippen molar-refractivity contribution in [1.82, 2.24) is 9.78 Å². The van der Waals surface area contributed by atoms with Gasteiger partial charge in [-0.1, -0.05) is 12.1 Å². The van der Waals surface area contributed by atoms with Crippen molar-refractivity contribution in [3.8, 4) is 0 Å². The first-order valence-corrected chi connectivity index (χ1v) is 7.07. The molecule has 0 bridgehead atoms. The van der Waals surface area contributed by atoms with Crippen molar-refractivity contribution in [1.29, 1.82) is 0 Å². The highest BCUT2D eigenvalue weighted by molar-refractivity contribution is 9.10. The largest absolute Gasteiger partial charge is 0.322 e. The molecule has 0 saturated carbocycles. The van der Waals surface area contributed by atoms with E-state index < -0.39 is 0 Å². The number of nitrogens with two attached hydrogens (primary N) is 1. The molecule has 0 aliphatic carbocycles. The second kappa shape index (κ2) is 5.71. The van der Waals surface area contributed by atoms with Gasteiger partial charge in [-0.2, -0.15) is 5.10 Å². The molecule has 0 fully saturated rings. The minimum Gasteiger partial charge on any atom is -0.322 e. The Morgan fingerprint density at radius 3 is 2.82 bits per heavy atom. The third-order valence-corrected chi connectivity index (χ3v) is 4.52. The van der Waals surface area contributed by atoms with Gasteiger partial charge in [0.2, 0.25) is 0 Å². The second-order valence-corrected chi connectivity index (χ2v) is 5.68. The van der Waals surface area contributed by atoms with E-state index in [-0.39, 0.29) is 6.04 Å². The number of aromatic nitrogens is 2. The Morgan fingerprint density at radius 1 is 1.41 bits per heavy atom. The highest BCUT2D eigenvalue weighted by atomic mass is 79.9. The van der Waals surface area contributed by atoms with Gasteiger partial charge in [-0.3, -0.25) is 4.68 Å². The third kappa shape index (κ3) is 3.34. The van der Waals surface area contributed by atoms with Crippen LogP contribution in [0.3, 0.4) is 0 Å². The maximum absolute atomic E-state index is 6.09. The van der Waals surface area contributed by atoms with Crippen LogP contribution in [0.4, 0.5) is 0 Å². The van der Waals surface area contributed by atoms with Crippen LogP contribution in [-0.4, -0.2) is 15.5 Å². The van der Waals surface area contributed by atoms with Gasteiger partial charge in [0.25, 0.3) is 0 Å². The van der Waals surface area contributed by atoms with E-state index >= 15 is 0 Å². The molecule has 1 atom stereocenters. The van der Waals surface area contributed by atoms with Crippen LogP contribution in [0.1, 0.15) is 11.7 Å². The Morgan fingerprint density at radius 2 is 2.18 bits per heavy atom. The van der Waals surface area contributed by atoms with Crippen LogP contribution in [0.2, 0.25) is 0 Å². The van der Waals surface area contributed by atoms with Gasteiger partial charge in [-0.05, 0) is 34.1 Å². The lowest BCUT2D eigenvalue weighted by molar-refractivity contribution is 0.704. The maximum Gasteiger partial charge on any atom is 0.0800 e. The van der Waals surface area contributed by atoms with Gasteiger partial charge >= 0.3 is 0 Å². The number of hydrogen-bond acceptors (Lipinski definition) is 3. The first-order valence-electron chi connectivity index (χ1n) is 5.29. The van der Waals surface area contributed by atoms with Crippen LogP contribution >= 0.6 is 27.7 Å². The number of nitrogens with zero attached hydrogens (tertiary/aromatic N) is 2. The van der Waals surface area contributed by atoms with Gasteiger partial charge in [0, 0.05) is 28.4 Å². The molecule has 2 aromatic rings. The topological polar surface area (TPSA) is 43.8 Å². The predicted octanol–water partition coefficient (Wildman–Crippen LogP) is 2.97. The smallest absolute Gasteiger partial charge is 0.0800 e. The normalized spacial score (nSPS) is 12.6. The molecule has 1 heterocycles. The standard InChI is InChI=1S/C12H14BrN3S/c1-16-7-6-11(15-16)10(14)8-17-12-5-3-2-4-9(12)13/h2-7,10H,8,14H2,1H3. The van der Waals surface area contributed by atoms with Crippen LogP contribution < -0.4 is 5.73 Å². The molecule has 2 rings (SSSR count). The van der Waals surface area contributed by atoms with E-state index in [1.54, 1.807) is 16.4 Å². The number of benzene rings is 1. The quantitative estimate of drug-likeness (QED) is 0.883. The average molecular weight is 312 g/mol. The summed E-state index contributed by atoms with van der Waals surface area (Å²) in [5.74, 6) is 0.819. The molecule has 90 valence electrons. The zero-order chi connectivity index (χ0) is 12.3. The van der Waals surface area contributed by atoms with Gasteiger partial charge in [0.1, 0.15) is 0 Å². The first kappa shape index (κ1) is 12.7. The summed E-state index contributed by atoms with van der Waals surface area (Å²) >= 11 is 5.26. The summed E-state index contributed by atoms with van der Waals surface area (Å²) in [6.45, 7) is 0. The summed E-state index contributed by atoms with van der Waals surface area (Å²) < 4.78 is 2.89. The number of aryl methyl sites for hydroxylation is 1. The number of hydrogen-bond donors (Lipinski definition) is 1. The molecule has 1 aromatic carbocycles. The predicted molar refractivity (Wildman–Crippen MR) is 75.0 cm³/mol. The fourth-order valence-electron chi connectivity index (χ4n) is 1.46. The Hall–Kier alpha value is -0.780. The van der Waals surface area contributed by atoms with Crippen LogP contribution in [0.5, 0.6) is 0 Å². The monoisotopic (exact) mass is 311 g/mol. The van der Waals surface area contributed by atoms with Gasteiger partial charge in [-0.25, -0.2) is 0 Å². The molecule has 1 unspecified atom stereocenters. The van der Waals surface area contributed by atoms with Crippen LogP contribution in [-0.2, 0) is 7.05 Å². The molecular weight excluding hydrogens is 298 g/mol. The lowest BCUT2D eigenvalue weighted by Gasteiger charge is -2.09. The fraction of sp³-hybridized carbons (Fsp3) is 0.250. The molecule has 0 spiro atoms. The minimum atomic E-state index is -0.0340. The van der Waals surface area contributed by atoms with Gasteiger partial charge in [0.15, 0.2) is 0 Å². The Labute approximate surface area is 114 Å². The van der Waals surface area contributed by atoms with E-state index in [0.717, 1.165) is 15.9 Å². The molecule has 0 amide bonds.